The topological polar surface area (TPSA) is 43.1 Å². The summed E-state index contributed by atoms with van der Waals surface area (Å²) in [7, 11) is 0. The van der Waals surface area contributed by atoms with Gasteiger partial charge in [-0.05, 0) is 11.6 Å². The molecular formula is C5HCl2N4Y-. The molecule has 0 unspecified atom stereocenters. The largest absolute Gasteiger partial charge is 0.381 e. The Bertz CT molecular complexity index is 401. The molecule has 4 nitrogen and oxygen atoms in total. The van der Waals surface area contributed by atoms with E-state index >= 15 is 0 Å². The van der Waals surface area contributed by atoms with Crippen LogP contribution in [0.2, 0.25) is 10.4 Å². The van der Waals surface area contributed by atoms with Gasteiger partial charge in [0.1, 0.15) is 0 Å². The third-order valence-corrected chi connectivity index (χ3v) is 1.54. The van der Waals surface area contributed by atoms with Gasteiger partial charge < -0.3 is 9.50 Å². The van der Waals surface area contributed by atoms with E-state index in [-0.39, 0.29) is 43.1 Å². The van der Waals surface area contributed by atoms with E-state index in [2.05, 4.69) is 21.3 Å². The number of fused-ring (bicyclic) bond motifs is 1. The molecule has 0 saturated heterocycles. The van der Waals surface area contributed by atoms with Crippen molar-refractivity contribution in [3.63, 3.8) is 0 Å². The summed E-state index contributed by atoms with van der Waals surface area (Å²) in [6.45, 7) is 0. The zero-order valence-electron chi connectivity index (χ0n) is 5.70. The monoisotopic (exact) mass is 276 g/mol. The summed E-state index contributed by atoms with van der Waals surface area (Å²) in [5.74, 6) is 0. The first-order valence-electron chi connectivity index (χ1n) is 2.72. The van der Waals surface area contributed by atoms with Crippen LogP contribution in [0.3, 0.4) is 0 Å². The van der Waals surface area contributed by atoms with Crippen molar-refractivity contribution in [3.8, 4) is 0 Å². The fourth-order valence-electron chi connectivity index (χ4n) is 0.713. The van der Waals surface area contributed by atoms with Crippen molar-refractivity contribution in [2.45, 2.75) is 0 Å². The first-order chi connectivity index (χ1) is 5.27. The maximum Gasteiger partial charge on any atom is 0.237 e. The van der Waals surface area contributed by atoms with Crippen LogP contribution < -0.4 is 0 Å². The van der Waals surface area contributed by atoms with Crippen LogP contribution in [0.5, 0.6) is 0 Å². The number of aromatic nitrogens is 4. The Kier molecular flexibility index (Phi) is 3.41. The van der Waals surface area contributed by atoms with Gasteiger partial charge in [-0.2, -0.15) is 5.10 Å². The Morgan fingerprint density at radius 2 is 2.17 bits per heavy atom. The molecule has 0 spiro atoms. The standard InChI is InChI=1S/C5HCl2N4.Y/c6-3-4-8-1-2-11(4)10-5(7)9-3;/h1H;/q-1;. The Labute approximate surface area is 103 Å². The summed E-state index contributed by atoms with van der Waals surface area (Å²) in [5, 5.41) is 4.07. The first kappa shape index (κ1) is 10.3. The molecule has 0 N–H and O–H groups in total. The molecule has 0 fully saturated rings. The summed E-state index contributed by atoms with van der Waals surface area (Å²) in [4.78, 5) is 7.54. The molecule has 1 radical (unpaired) electrons. The fraction of sp³-hybridized carbons (Fsp3) is 0. The molecule has 2 rings (SSSR count). The predicted octanol–water partition coefficient (Wildman–Crippen LogP) is 1.23. The number of halogens is 2. The maximum absolute atomic E-state index is 5.66. The van der Waals surface area contributed by atoms with Gasteiger partial charge in [-0.15, -0.1) is 6.20 Å². The number of nitrogens with zero attached hydrogens (tertiary/aromatic N) is 4. The predicted molar refractivity (Wildman–Crippen MR) is 39.6 cm³/mol. The molecular weight excluding hydrogens is 276 g/mol. The molecule has 2 aromatic heterocycles. The summed E-state index contributed by atoms with van der Waals surface area (Å²) >= 11 is 11.2. The van der Waals surface area contributed by atoms with E-state index in [1.165, 1.54) is 10.7 Å². The molecule has 0 aliphatic rings. The van der Waals surface area contributed by atoms with E-state index in [0.717, 1.165) is 0 Å². The Morgan fingerprint density at radius 1 is 1.42 bits per heavy atom. The first-order valence-corrected chi connectivity index (χ1v) is 3.47. The van der Waals surface area contributed by atoms with Crippen molar-refractivity contribution in [1.82, 2.24) is 19.6 Å². The molecule has 12 heavy (non-hydrogen) atoms. The Hall–Kier alpha value is 0.234. The molecule has 59 valence electrons. The molecule has 0 bridgehead atoms. The third-order valence-electron chi connectivity index (χ3n) is 1.12. The molecule has 0 saturated carbocycles. The second-order valence-electron chi connectivity index (χ2n) is 1.79. The smallest absolute Gasteiger partial charge is 0.237 e. The molecule has 2 aromatic rings. The van der Waals surface area contributed by atoms with Crippen LogP contribution >= 0.6 is 23.2 Å². The Morgan fingerprint density at radius 3 is 2.92 bits per heavy atom. The van der Waals surface area contributed by atoms with Gasteiger partial charge in [-0.1, -0.05) is 17.8 Å². The quantitative estimate of drug-likeness (QED) is 0.680. The van der Waals surface area contributed by atoms with Gasteiger partial charge in [0, 0.05) is 38.4 Å². The van der Waals surface area contributed by atoms with Crippen LogP contribution in [-0.2, 0) is 32.7 Å². The average Bonchev–Trinajstić information content (AvgIpc) is 2.34. The molecule has 0 atom stereocenters. The van der Waals surface area contributed by atoms with E-state index in [1.807, 2.05) is 0 Å². The van der Waals surface area contributed by atoms with Crippen molar-refractivity contribution in [2.24, 2.45) is 0 Å². The van der Waals surface area contributed by atoms with Crippen molar-refractivity contribution in [3.05, 3.63) is 22.8 Å². The fourth-order valence-corrected chi connectivity index (χ4v) is 1.13. The minimum atomic E-state index is 0. The Balaban J connectivity index is 0.000000720. The number of rotatable bonds is 0. The molecule has 0 aliphatic carbocycles. The van der Waals surface area contributed by atoms with Crippen LogP contribution in [0.15, 0.2) is 6.20 Å². The summed E-state index contributed by atoms with van der Waals surface area (Å²) in [5.41, 5.74) is 0.455. The molecule has 0 aromatic carbocycles. The second-order valence-corrected chi connectivity index (χ2v) is 2.49. The van der Waals surface area contributed by atoms with E-state index < -0.39 is 0 Å². The van der Waals surface area contributed by atoms with Crippen LogP contribution in [0, 0.1) is 6.20 Å². The number of hydrogen-bond acceptors (Lipinski definition) is 3. The van der Waals surface area contributed by atoms with Gasteiger partial charge in [0.05, 0.1) is 5.15 Å². The normalized spacial score (nSPS) is 9.83. The third kappa shape index (κ3) is 1.77. The molecule has 0 amide bonds. The minimum Gasteiger partial charge on any atom is -0.381 e. The van der Waals surface area contributed by atoms with E-state index in [1.54, 1.807) is 0 Å². The zero-order chi connectivity index (χ0) is 7.84. The summed E-state index contributed by atoms with van der Waals surface area (Å²) < 4.78 is 1.34. The molecule has 0 aliphatic heterocycles. The SMILES string of the molecule is Clc1nc(Cl)c2nc[c-]n2n1.[Y]. The van der Waals surface area contributed by atoms with Crippen molar-refractivity contribution < 1.29 is 32.7 Å². The maximum atomic E-state index is 5.66. The van der Waals surface area contributed by atoms with Crippen molar-refractivity contribution in [2.75, 3.05) is 0 Å². The van der Waals surface area contributed by atoms with Crippen LogP contribution in [0.25, 0.3) is 5.65 Å². The number of imidazole rings is 1. The van der Waals surface area contributed by atoms with Gasteiger partial charge in [-0.3, -0.25) is 0 Å². The van der Waals surface area contributed by atoms with Gasteiger partial charge in [0.15, 0.2) is 0 Å². The average molecular weight is 277 g/mol. The van der Waals surface area contributed by atoms with Crippen molar-refractivity contribution in [1.29, 1.82) is 0 Å². The van der Waals surface area contributed by atoms with Crippen molar-refractivity contribution >= 4 is 28.8 Å². The van der Waals surface area contributed by atoms with Gasteiger partial charge in [-0.25, -0.2) is 4.98 Å². The minimum absolute atomic E-state index is 0. The summed E-state index contributed by atoms with van der Waals surface area (Å²) in [6, 6.07) is 0. The summed E-state index contributed by atoms with van der Waals surface area (Å²) in [6.07, 6.45) is 4.14. The second kappa shape index (κ2) is 3.96. The number of hydrogen-bond donors (Lipinski definition) is 0. The van der Waals surface area contributed by atoms with Crippen LogP contribution in [0.1, 0.15) is 0 Å². The van der Waals surface area contributed by atoms with E-state index in [9.17, 15) is 0 Å². The van der Waals surface area contributed by atoms with E-state index in [0.29, 0.717) is 5.65 Å². The molecule has 2 heterocycles. The van der Waals surface area contributed by atoms with Gasteiger partial charge in [0.25, 0.3) is 0 Å². The van der Waals surface area contributed by atoms with E-state index in [4.69, 9.17) is 23.2 Å². The van der Waals surface area contributed by atoms with Crippen LogP contribution in [0.4, 0.5) is 0 Å². The van der Waals surface area contributed by atoms with Gasteiger partial charge >= 0.3 is 0 Å². The molecule has 7 heteroatoms. The van der Waals surface area contributed by atoms with Gasteiger partial charge in [0.2, 0.25) is 5.28 Å². The zero-order valence-corrected chi connectivity index (χ0v) is 10.0. The van der Waals surface area contributed by atoms with Crippen LogP contribution in [-0.4, -0.2) is 19.6 Å².